The summed E-state index contributed by atoms with van der Waals surface area (Å²) >= 11 is 0. The Labute approximate surface area is 285 Å². The van der Waals surface area contributed by atoms with Gasteiger partial charge in [0.1, 0.15) is 11.5 Å². The number of aromatic nitrogens is 1. The highest BCUT2D eigenvalue weighted by atomic mass is 16.5. The quantitative estimate of drug-likeness (QED) is 0.190. The molecule has 1 aliphatic rings. The Kier molecular flexibility index (Phi) is 6.13. The topological polar surface area (TPSA) is 14.2 Å². The van der Waals surface area contributed by atoms with Crippen molar-refractivity contribution in [2.75, 3.05) is 0 Å². The fourth-order valence-electron chi connectivity index (χ4n) is 8.21. The molecule has 2 heteroatoms. The van der Waals surface area contributed by atoms with Crippen LogP contribution in [0.4, 0.5) is 0 Å². The van der Waals surface area contributed by atoms with Crippen LogP contribution in [0.5, 0.6) is 11.5 Å². The summed E-state index contributed by atoms with van der Waals surface area (Å²) in [5.41, 5.74) is 10.0. The average molecular weight is 626 g/mol. The second-order valence-corrected chi connectivity index (χ2v) is 12.9. The van der Waals surface area contributed by atoms with Gasteiger partial charge in [-0.2, -0.15) is 0 Å². The van der Waals surface area contributed by atoms with E-state index in [2.05, 4.69) is 193 Å². The normalized spacial score (nSPS) is 13.2. The fourth-order valence-corrected chi connectivity index (χ4v) is 8.21. The number of hydrogen-bond donors (Lipinski definition) is 0. The third kappa shape index (κ3) is 4.07. The largest absolute Gasteiger partial charge is 0.457 e. The summed E-state index contributed by atoms with van der Waals surface area (Å²) in [7, 11) is 0. The van der Waals surface area contributed by atoms with Gasteiger partial charge in [0.15, 0.2) is 0 Å². The van der Waals surface area contributed by atoms with Gasteiger partial charge in [-0.3, -0.25) is 0 Å². The summed E-state index contributed by atoms with van der Waals surface area (Å²) in [6.45, 7) is 0. The molecule has 0 fully saturated rings. The first-order valence-corrected chi connectivity index (χ1v) is 16.9. The van der Waals surface area contributed by atoms with Gasteiger partial charge in [-0.1, -0.05) is 146 Å². The van der Waals surface area contributed by atoms with E-state index >= 15 is 0 Å². The van der Waals surface area contributed by atoms with Crippen LogP contribution in [0.2, 0.25) is 0 Å². The minimum atomic E-state index is -0.547. The Hall–Kier alpha value is -6.38. The minimum absolute atomic E-state index is 0.547. The van der Waals surface area contributed by atoms with Crippen LogP contribution >= 0.6 is 0 Å². The third-order valence-electron chi connectivity index (χ3n) is 10.3. The van der Waals surface area contributed by atoms with Crippen molar-refractivity contribution >= 4 is 32.6 Å². The Morgan fingerprint density at radius 2 is 1.02 bits per heavy atom. The number of rotatable bonds is 4. The van der Waals surface area contributed by atoms with E-state index in [9.17, 15) is 0 Å². The van der Waals surface area contributed by atoms with Crippen molar-refractivity contribution < 1.29 is 4.74 Å². The van der Waals surface area contributed by atoms with Crippen molar-refractivity contribution in [1.82, 2.24) is 4.57 Å². The maximum Gasteiger partial charge on any atom is 0.132 e. The Bertz CT molecular complexity index is 2630. The molecule has 9 aromatic rings. The van der Waals surface area contributed by atoms with Crippen molar-refractivity contribution in [2.45, 2.75) is 5.41 Å². The molecular formula is C47H31NO. The molecule has 0 saturated carbocycles. The molecule has 8 aromatic carbocycles. The van der Waals surface area contributed by atoms with Gasteiger partial charge in [0.2, 0.25) is 0 Å². The minimum Gasteiger partial charge on any atom is -0.457 e. The van der Waals surface area contributed by atoms with Gasteiger partial charge in [-0.05, 0) is 75.5 Å². The van der Waals surface area contributed by atoms with E-state index in [1.54, 1.807) is 0 Å². The zero-order chi connectivity index (χ0) is 32.4. The molecule has 49 heavy (non-hydrogen) atoms. The lowest BCUT2D eigenvalue weighted by Crippen LogP contribution is -2.34. The molecule has 1 aromatic heterocycles. The fraction of sp³-hybridized carbons (Fsp3) is 0.0213. The summed E-state index contributed by atoms with van der Waals surface area (Å²) in [4.78, 5) is 0. The van der Waals surface area contributed by atoms with E-state index in [1.165, 1.54) is 43.7 Å². The summed E-state index contributed by atoms with van der Waals surface area (Å²) in [6.07, 6.45) is 0. The SMILES string of the molecule is c1ccc(C2(c3ccccc3)c3ccccc3Oc3ccc(-c4ccc(-n5c6ccccc6c6c7ccccc7ccc65)cc4)cc32)cc1. The van der Waals surface area contributed by atoms with Crippen molar-refractivity contribution in [3.05, 3.63) is 210 Å². The van der Waals surface area contributed by atoms with Crippen LogP contribution < -0.4 is 4.74 Å². The number of nitrogens with zero attached hydrogens (tertiary/aromatic N) is 1. The standard InChI is InChI=1S/C47H31NO/c1-3-14-35(15-4-1)47(36-16-5-2-6-17-36)40-20-10-12-22-44(40)49-45-30-26-34(31-41(45)47)32-23-27-37(28-24-32)48-42-21-11-9-19-39(42)46-38-18-8-7-13-33(38)25-29-43(46)48/h1-31H. The van der Waals surface area contributed by atoms with Crippen LogP contribution in [0, 0.1) is 0 Å². The molecule has 0 N–H and O–H groups in total. The van der Waals surface area contributed by atoms with Gasteiger partial charge in [0.25, 0.3) is 0 Å². The summed E-state index contributed by atoms with van der Waals surface area (Å²) < 4.78 is 9.04. The second-order valence-electron chi connectivity index (χ2n) is 12.9. The van der Waals surface area contributed by atoms with E-state index in [-0.39, 0.29) is 0 Å². The van der Waals surface area contributed by atoms with Crippen molar-refractivity contribution in [3.8, 4) is 28.3 Å². The Morgan fingerprint density at radius 3 is 1.80 bits per heavy atom. The number of ether oxygens (including phenoxy) is 1. The van der Waals surface area contributed by atoms with E-state index < -0.39 is 5.41 Å². The van der Waals surface area contributed by atoms with Crippen molar-refractivity contribution in [3.63, 3.8) is 0 Å². The van der Waals surface area contributed by atoms with E-state index in [0.717, 1.165) is 39.4 Å². The monoisotopic (exact) mass is 625 g/mol. The van der Waals surface area contributed by atoms with Gasteiger partial charge >= 0.3 is 0 Å². The predicted octanol–water partition coefficient (Wildman–Crippen LogP) is 12.1. The van der Waals surface area contributed by atoms with Gasteiger partial charge in [0, 0.05) is 27.6 Å². The zero-order valence-electron chi connectivity index (χ0n) is 26.8. The zero-order valence-corrected chi connectivity index (χ0v) is 26.8. The lowest BCUT2D eigenvalue weighted by molar-refractivity contribution is 0.434. The molecule has 1 aliphatic heterocycles. The van der Waals surface area contributed by atoms with Crippen LogP contribution in [-0.4, -0.2) is 4.57 Å². The number of benzene rings is 8. The third-order valence-corrected chi connectivity index (χ3v) is 10.3. The molecule has 0 spiro atoms. The predicted molar refractivity (Wildman–Crippen MR) is 202 cm³/mol. The van der Waals surface area contributed by atoms with Gasteiger partial charge < -0.3 is 9.30 Å². The molecule has 0 atom stereocenters. The highest BCUT2D eigenvalue weighted by Gasteiger charge is 2.45. The van der Waals surface area contributed by atoms with Gasteiger partial charge in [-0.25, -0.2) is 0 Å². The lowest BCUT2D eigenvalue weighted by Gasteiger charge is -2.41. The van der Waals surface area contributed by atoms with E-state index in [4.69, 9.17) is 4.74 Å². The summed E-state index contributed by atoms with van der Waals surface area (Å²) in [6, 6.07) is 67.8. The highest BCUT2D eigenvalue weighted by Crippen LogP contribution is 2.55. The first-order chi connectivity index (χ1) is 24.3. The summed E-state index contributed by atoms with van der Waals surface area (Å²) in [5.74, 6) is 1.77. The number of para-hydroxylation sites is 2. The molecular weight excluding hydrogens is 595 g/mol. The highest BCUT2D eigenvalue weighted by molar-refractivity contribution is 6.21. The first-order valence-electron chi connectivity index (χ1n) is 16.9. The Balaban J connectivity index is 1.15. The second kappa shape index (κ2) is 10.8. The molecule has 0 radical (unpaired) electrons. The maximum atomic E-state index is 6.64. The molecule has 230 valence electrons. The van der Waals surface area contributed by atoms with E-state index in [1.807, 2.05) is 0 Å². The molecule has 10 rings (SSSR count). The molecule has 2 heterocycles. The van der Waals surface area contributed by atoms with Gasteiger partial charge in [0.05, 0.1) is 16.4 Å². The molecule has 0 aliphatic carbocycles. The van der Waals surface area contributed by atoms with Crippen LogP contribution in [0.15, 0.2) is 188 Å². The molecule has 0 bridgehead atoms. The smallest absolute Gasteiger partial charge is 0.132 e. The summed E-state index contributed by atoms with van der Waals surface area (Å²) in [5, 5.41) is 5.11. The van der Waals surface area contributed by atoms with Crippen molar-refractivity contribution in [1.29, 1.82) is 0 Å². The van der Waals surface area contributed by atoms with Crippen LogP contribution in [0.25, 0.3) is 49.4 Å². The van der Waals surface area contributed by atoms with Crippen LogP contribution in [0.3, 0.4) is 0 Å². The Morgan fingerprint density at radius 1 is 0.408 bits per heavy atom. The number of hydrogen-bond acceptors (Lipinski definition) is 1. The maximum absolute atomic E-state index is 6.64. The number of fused-ring (bicyclic) bond motifs is 7. The van der Waals surface area contributed by atoms with Crippen molar-refractivity contribution in [2.24, 2.45) is 0 Å². The molecule has 2 nitrogen and oxygen atoms in total. The van der Waals surface area contributed by atoms with E-state index in [0.29, 0.717) is 0 Å². The molecule has 0 unspecified atom stereocenters. The first kappa shape index (κ1) is 27.7. The van der Waals surface area contributed by atoms with Crippen LogP contribution in [0.1, 0.15) is 22.3 Å². The molecule has 0 saturated heterocycles. The van der Waals surface area contributed by atoms with Gasteiger partial charge in [-0.15, -0.1) is 0 Å². The average Bonchev–Trinajstić information content (AvgIpc) is 3.52. The van der Waals surface area contributed by atoms with Crippen LogP contribution in [-0.2, 0) is 5.41 Å². The molecule has 0 amide bonds. The lowest BCUT2D eigenvalue weighted by atomic mass is 9.63.